The lowest BCUT2D eigenvalue weighted by Crippen LogP contribution is -2.12. The molecule has 0 radical (unpaired) electrons. The van der Waals surface area contributed by atoms with E-state index in [1.54, 1.807) is 0 Å². The first-order valence-corrected chi connectivity index (χ1v) is 9.27. The van der Waals surface area contributed by atoms with Crippen molar-refractivity contribution in [3.05, 3.63) is 52.5 Å². The summed E-state index contributed by atoms with van der Waals surface area (Å²) >= 11 is 7.48. The van der Waals surface area contributed by atoms with Crippen LogP contribution in [0.5, 0.6) is 5.75 Å². The smallest absolute Gasteiger partial charge is 0.226 e. The van der Waals surface area contributed by atoms with Crippen LogP contribution in [0.3, 0.4) is 0 Å². The Labute approximate surface area is 155 Å². The van der Waals surface area contributed by atoms with E-state index in [0.717, 1.165) is 26.6 Å². The molecule has 1 N–H and O–H groups in total. The van der Waals surface area contributed by atoms with Crippen LogP contribution in [0.25, 0.3) is 10.2 Å². The molecule has 0 saturated heterocycles. The van der Waals surface area contributed by atoms with Gasteiger partial charge in [-0.1, -0.05) is 29.0 Å². The van der Waals surface area contributed by atoms with Crippen LogP contribution in [0.4, 0.5) is 5.13 Å². The third kappa shape index (κ3) is 4.71. The second-order valence-corrected chi connectivity index (χ2v) is 7.34. The van der Waals surface area contributed by atoms with E-state index in [1.807, 2.05) is 44.2 Å². The summed E-state index contributed by atoms with van der Waals surface area (Å²) in [6.07, 6.45) is 1.03. The first-order valence-electron chi connectivity index (χ1n) is 8.07. The third-order valence-corrected chi connectivity index (χ3v) is 5.09. The molecular weight excluding hydrogens is 356 g/mol. The van der Waals surface area contributed by atoms with E-state index in [4.69, 9.17) is 16.3 Å². The molecule has 25 heavy (non-hydrogen) atoms. The standard InChI is InChI=1S/C19H19ClN2O2S/c1-12-5-8-16-17(10-12)25-19(21-16)22-18(23)4-3-9-24-14-6-7-15(20)13(2)11-14/h5-8,10-11H,3-4,9H2,1-2H3,(H,21,22,23). The topological polar surface area (TPSA) is 51.2 Å². The average molecular weight is 375 g/mol. The summed E-state index contributed by atoms with van der Waals surface area (Å²) in [5, 5.41) is 4.22. The Balaban J connectivity index is 1.46. The van der Waals surface area contributed by atoms with E-state index in [0.29, 0.717) is 24.6 Å². The minimum atomic E-state index is -0.0494. The molecule has 1 heterocycles. The number of rotatable bonds is 6. The monoisotopic (exact) mass is 374 g/mol. The summed E-state index contributed by atoms with van der Waals surface area (Å²) in [6, 6.07) is 11.6. The first kappa shape index (κ1) is 17.7. The Morgan fingerprint density at radius 1 is 1.24 bits per heavy atom. The zero-order chi connectivity index (χ0) is 17.8. The van der Waals surface area contributed by atoms with Gasteiger partial charge in [0.2, 0.25) is 5.91 Å². The van der Waals surface area contributed by atoms with E-state index in [2.05, 4.69) is 16.4 Å². The molecule has 0 aliphatic carbocycles. The number of benzene rings is 2. The molecule has 0 aliphatic rings. The number of nitrogens with zero attached hydrogens (tertiary/aromatic N) is 1. The molecule has 0 fully saturated rings. The molecule has 1 amide bonds. The molecular formula is C19H19ClN2O2S. The lowest BCUT2D eigenvalue weighted by atomic mass is 10.2. The minimum Gasteiger partial charge on any atom is -0.494 e. The summed E-state index contributed by atoms with van der Waals surface area (Å²) in [7, 11) is 0. The number of ether oxygens (including phenoxy) is 1. The zero-order valence-electron chi connectivity index (χ0n) is 14.1. The predicted molar refractivity (Wildman–Crippen MR) is 104 cm³/mol. The number of fused-ring (bicyclic) bond motifs is 1. The summed E-state index contributed by atoms with van der Waals surface area (Å²) < 4.78 is 6.73. The molecule has 0 spiro atoms. The quantitative estimate of drug-likeness (QED) is 0.590. The van der Waals surface area contributed by atoms with Crippen LogP contribution >= 0.6 is 22.9 Å². The van der Waals surface area contributed by atoms with Crippen molar-refractivity contribution in [3.63, 3.8) is 0 Å². The van der Waals surface area contributed by atoms with Gasteiger partial charge in [0.25, 0.3) is 0 Å². The van der Waals surface area contributed by atoms with E-state index in [1.165, 1.54) is 16.9 Å². The van der Waals surface area contributed by atoms with Crippen molar-refractivity contribution in [3.8, 4) is 5.75 Å². The largest absolute Gasteiger partial charge is 0.494 e. The fourth-order valence-corrected chi connectivity index (χ4v) is 3.49. The number of thiazole rings is 1. The number of halogens is 1. The molecule has 0 unspecified atom stereocenters. The highest BCUT2D eigenvalue weighted by Crippen LogP contribution is 2.26. The Morgan fingerprint density at radius 3 is 2.88 bits per heavy atom. The molecule has 1 aromatic heterocycles. The Hall–Kier alpha value is -2.11. The van der Waals surface area contributed by atoms with Crippen LogP contribution in [0.1, 0.15) is 24.0 Å². The highest BCUT2D eigenvalue weighted by Gasteiger charge is 2.08. The predicted octanol–water partition coefficient (Wildman–Crippen LogP) is 5.36. The van der Waals surface area contributed by atoms with E-state index >= 15 is 0 Å². The van der Waals surface area contributed by atoms with Gasteiger partial charge in [-0.25, -0.2) is 4.98 Å². The number of hydrogen-bond donors (Lipinski definition) is 1. The molecule has 3 rings (SSSR count). The molecule has 2 aromatic carbocycles. The first-order chi connectivity index (χ1) is 12.0. The van der Waals surface area contributed by atoms with Gasteiger partial charge >= 0.3 is 0 Å². The summed E-state index contributed by atoms with van der Waals surface area (Å²) in [5.74, 6) is 0.718. The molecule has 0 aliphatic heterocycles. The van der Waals surface area contributed by atoms with Gasteiger partial charge in [-0.2, -0.15) is 0 Å². The zero-order valence-corrected chi connectivity index (χ0v) is 15.7. The van der Waals surface area contributed by atoms with Crippen molar-refractivity contribution in [1.29, 1.82) is 0 Å². The fourth-order valence-electron chi connectivity index (χ4n) is 2.40. The van der Waals surface area contributed by atoms with Gasteiger partial charge in [-0.05, 0) is 61.7 Å². The number of aryl methyl sites for hydroxylation is 2. The average Bonchev–Trinajstić information content (AvgIpc) is 2.96. The lowest BCUT2D eigenvalue weighted by Gasteiger charge is -2.07. The van der Waals surface area contributed by atoms with Crippen molar-refractivity contribution in [2.45, 2.75) is 26.7 Å². The van der Waals surface area contributed by atoms with Crippen molar-refractivity contribution in [1.82, 2.24) is 4.98 Å². The van der Waals surface area contributed by atoms with E-state index in [-0.39, 0.29) is 5.91 Å². The number of carbonyl (C=O) groups excluding carboxylic acids is 1. The molecule has 0 saturated carbocycles. The molecule has 0 bridgehead atoms. The molecule has 0 atom stereocenters. The van der Waals surface area contributed by atoms with Gasteiger partial charge in [0.05, 0.1) is 16.8 Å². The number of nitrogens with one attached hydrogen (secondary N) is 1. The summed E-state index contributed by atoms with van der Waals surface area (Å²) in [6.45, 7) is 4.45. The molecule has 6 heteroatoms. The SMILES string of the molecule is Cc1ccc2nc(NC(=O)CCCOc3ccc(Cl)c(C)c3)sc2c1. The Morgan fingerprint density at radius 2 is 2.08 bits per heavy atom. The highest BCUT2D eigenvalue weighted by atomic mass is 35.5. The fraction of sp³-hybridized carbons (Fsp3) is 0.263. The van der Waals surface area contributed by atoms with Gasteiger partial charge in [0.1, 0.15) is 5.75 Å². The van der Waals surface area contributed by atoms with Crippen LogP contribution in [-0.2, 0) is 4.79 Å². The second-order valence-electron chi connectivity index (χ2n) is 5.90. The van der Waals surface area contributed by atoms with Crippen LogP contribution in [0.2, 0.25) is 5.02 Å². The van der Waals surface area contributed by atoms with Crippen LogP contribution < -0.4 is 10.1 Å². The third-order valence-electron chi connectivity index (χ3n) is 3.74. The number of aromatic nitrogens is 1. The molecule has 3 aromatic rings. The van der Waals surface area contributed by atoms with Crippen molar-refractivity contribution < 1.29 is 9.53 Å². The van der Waals surface area contributed by atoms with E-state index in [9.17, 15) is 4.79 Å². The summed E-state index contributed by atoms with van der Waals surface area (Å²) in [5.41, 5.74) is 3.07. The van der Waals surface area contributed by atoms with Crippen molar-refractivity contribution >= 4 is 44.2 Å². The number of hydrogen-bond acceptors (Lipinski definition) is 4. The van der Waals surface area contributed by atoms with Crippen LogP contribution in [0, 0.1) is 13.8 Å². The van der Waals surface area contributed by atoms with Crippen LogP contribution in [-0.4, -0.2) is 17.5 Å². The van der Waals surface area contributed by atoms with Gasteiger partial charge in [0, 0.05) is 11.4 Å². The lowest BCUT2D eigenvalue weighted by molar-refractivity contribution is -0.116. The maximum absolute atomic E-state index is 12.0. The number of anilines is 1. The summed E-state index contributed by atoms with van der Waals surface area (Å²) in [4.78, 5) is 16.5. The van der Waals surface area contributed by atoms with Gasteiger partial charge < -0.3 is 10.1 Å². The maximum Gasteiger partial charge on any atom is 0.226 e. The Kier molecular flexibility index (Phi) is 5.56. The number of carbonyl (C=O) groups is 1. The Bertz CT molecular complexity index is 908. The molecule has 130 valence electrons. The van der Waals surface area contributed by atoms with Crippen molar-refractivity contribution in [2.75, 3.05) is 11.9 Å². The van der Waals surface area contributed by atoms with Gasteiger partial charge in [-0.3, -0.25) is 4.79 Å². The number of amides is 1. The maximum atomic E-state index is 12.0. The van der Waals surface area contributed by atoms with E-state index < -0.39 is 0 Å². The second kappa shape index (κ2) is 7.85. The van der Waals surface area contributed by atoms with Gasteiger partial charge in [0.15, 0.2) is 5.13 Å². The minimum absolute atomic E-state index is 0.0494. The molecule has 4 nitrogen and oxygen atoms in total. The van der Waals surface area contributed by atoms with Crippen molar-refractivity contribution in [2.24, 2.45) is 0 Å². The highest BCUT2D eigenvalue weighted by molar-refractivity contribution is 7.22. The normalized spacial score (nSPS) is 10.8. The van der Waals surface area contributed by atoms with Crippen LogP contribution in [0.15, 0.2) is 36.4 Å². The van der Waals surface area contributed by atoms with Gasteiger partial charge in [-0.15, -0.1) is 0 Å².